The lowest BCUT2D eigenvalue weighted by Crippen LogP contribution is -2.07. The predicted molar refractivity (Wildman–Crippen MR) is 98.7 cm³/mol. The minimum absolute atomic E-state index is 0.0521. The van der Waals surface area contributed by atoms with Crippen LogP contribution in [0.4, 0.5) is 4.39 Å². The van der Waals surface area contributed by atoms with Crippen molar-refractivity contribution in [3.63, 3.8) is 0 Å². The first kappa shape index (κ1) is 17.2. The maximum Gasteiger partial charge on any atom is 0.363 e. The molecule has 27 heavy (non-hydrogen) atoms. The summed E-state index contributed by atoms with van der Waals surface area (Å²) < 4.78 is 24.6. The molecule has 0 atom stereocenters. The number of aromatic nitrogens is 1. The fourth-order valence-corrected chi connectivity index (χ4v) is 2.94. The molecule has 2 aromatic carbocycles. The smallest absolute Gasteiger partial charge is 0.363 e. The van der Waals surface area contributed by atoms with Gasteiger partial charge in [0.25, 0.3) is 0 Å². The second-order valence-electron chi connectivity index (χ2n) is 5.80. The summed E-state index contributed by atoms with van der Waals surface area (Å²) in [6.45, 7) is 1.70. The minimum Gasteiger partial charge on any atom is -0.402 e. The molecule has 0 aliphatic carbocycles. The highest BCUT2D eigenvalue weighted by Gasteiger charge is 2.30. The van der Waals surface area contributed by atoms with Crippen LogP contribution in [-0.4, -0.2) is 17.0 Å². The van der Waals surface area contributed by atoms with Crippen molar-refractivity contribution in [3.8, 4) is 11.3 Å². The molecule has 1 aliphatic rings. The van der Waals surface area contributed by atoms with E-state index in [2.05, 4.69) is 10.1 Å². The van der Waals surface area contributed by atoms with Gasteiger partial charge in [-0.2, -0.15) is 0 Å². The maximum absolute atomic E-state index is 14.0. The number of halogens is 2. The van der Waals surface area contributed by atoms with Gasteiger partial charge in [0.05, 0.1) is 5.02 Å². The van der Waals surface area contributed by atoms with Crippen LogP contribution in [0.5, 0.6) is 0 Å². The number of aliphatic imine (C=N–C) groups is 1. The van der Waals surface area contributed by atoms with Gasteiger partial charge in [-0.25, -0.2) is 14.2 Å². The Balaban J connectivity index is 1.79. The lowest BCUT2D eigenvalue weighted by molar-refractivity contribution is -0.129. The zero-order valence-electron chi connectivity index (χ0n) is 14.1. The van der Waals surface area contributed by atoms with Crippen LogP contribution in [0.3, 0.4) is 0 Å². The van der Waals surface area contributed by atoms with Gasteiger partial charge < -0.3 is 9.26 Å². The third kappa shape index (κ3) is 3.15. The lowest BCUT2D eigenvalue weighted by atomic mass is 10.1. The Hall–Kier alpha value is -3.25. The molecular formula is C20H12ClFN2O3. The fourth-order valence-electron chi connectivity index (χ4n) is 2.72. The molecule has 1 aromatic heterocycles. The predicted octanol–water partition coefficient (Wildman–Crippen LogP) is 4.79. The first-order chi connectivity index (χ1) is 13.0. The number of benzene rings is 2. The Morgan fingerprint density at radius 3 is 2.63 bits per heavy atom. The van der Waals surface area contributed by atoms with E-state index in [-0.39, 0.29) is 22.2 Å². The number of cyclic esters (lactones) is 1. The molecule has 3 aromatic rings. The Kier molecular flexibility index (Phi) is 4.33. The number of ether oxygens (including phenoxy) is 1. The number of rotatable bonds is 3. The van der Waals surface area contributed by atoms with Crippen molar-refractivity contribution in [1.29, 1.82) is 0 Å². The largest absolute Gasteiger partial charge is 0.402 e. The second-order valence-corrected chi connectivity index (χ2v) is 6.21. The van der Waals surface area contributed by atoms with E-state index in [0.717, 1.165) is 5.56 Å². The lowest BCUT2D eigenvalue weighted by Gasteiger charge is -2.01. The van der Waals surface area contributed by atoms with Gasteiger partial charge in [0.1, 0.15) is 22.8 Å². The van der Waals surface area contributed by atoms with E-state index < -0.39 is 11.8 Å². The Bertz CT molecular complexity index is 1080. The van der Waals surface area contributed by atoms with Gasteiger partial charge >= 0.3 is 5.97 Å². The van der Waals surface area contributed by atoms with Crippen LogP contribution >= 0.6 is 11.6 Å². The van der Waals surface area contributed by atoms with Gasteiger partial charge in [0, 0.05) is 11.1 Å². The highest BCUT2D eigenvalue weighted by Crippen LogP contribution is 2.30. The minimum atomic E-state index is -0.705. The first-order valence-electron chi connectivity index (χ1n) is 8.03. The van der Waals surface area contributed by atoms with Crippen LogP contribution in [0.15, 0.2) is 63.7 Å². The molecule has 0 fully saturated rings. The number of hydrogen-bond donors (Lipinski definition) is 0. The van der Waals surface area contributed by atoms with Crippen molar-refractivity contribution in [2.75, 3.05) is 0 Å². The summed E-state index contributed by atoms with van der Waals surface area (Å²) in [6, 6.07) is 13.6. The molecule has 7 heteroatoms. The first-order valence-corrected chi connectivity index (χ1v) is 8.41. The molecule has 0 saturated carbocycles. The van der Waals surface area contributed by atoms with Crippen molar-refractivity contribution in [2.24, 2.45) is 4.99 Å². The standard InChI is InChI=1S/C20H12ClFN2O3/c1-11-17(18(24-27-11)12-6-3-2-4-7-12)19-23-16(20(25)26-19)10-13-14(21)8-5-9-15(13)22/h2-10H,1H3/b16-10-. The number of esters is 1. The van der Waals surface area contributed by atoms with E-state index in [1.807, 2.05) is 30.3 Å². The molecule has 0 radical (unpaired) electrons. The van der Waals surface area contributed by atoms with Crippen LogP contribution < -0.4 is 0 Å². The zero-order valence-corrected chi connectivity index (χ0v) is 14.8. The summed E-state index contributed by atoms with van der Waals surface area (Å²) in [5.74, 6) is -0.761. The van der Waals surface area contributed by atoms with Gasteiger partial charge in [-0.15, -0.1) is 0 Å². The van der Waals surface area contributed by atoms with Gasteiger partial charge in [0.15, 0.2) is 5.70 Å². The topological polar surface area (TPSA) is 64.7 Å². The van der Waals surface area contributed by atoms with E-state index in [1.54, 1.807) is 6.92 Å². The van der Waals surface area contributed by atoms with E-state index in [9.17, 15) is 9.18 Å². The van der Waals surface area contributed by atoms with Gasteiger partial charge in [-0.05, 0) is 25.1 Å². The van der Waals surface area contributed by atoms with E-state index in [4.69, 9.17) is 20.9 Å². The summed E-state index contributed by atoms with van der Waals surface area (Å²) in [4.78, 5) is 16.5. The Labute approximate surface area is 158 Å². The van der Waals surface area contributed by atoms with E-state index in [0.29, 0.717) is 17.0 Å². The molecule has 5 nitrogen and oxygen atoms in total. The molecule has 4 rings (SSSR count). The van der Waals surface area contributed by atoms with Crippen molar-refractivity contribution < 1.29 is 18.4 Å². The van der Waals surface area contributed by atoms with Crippen LogP contribution in [0.2, 0.25) is 5.02 Å². The van der Waals surface area contributed by atoms with Crippen molar-refractivity contribution in [2.45, 2.75) is 6.92 Å². The molecule has 0 amide bonds. The van der Waals surface area contributed by atoms with E-state index in [1.165, 1.54) is 24.3 Å². The molecular weight excluding hydrogens is 371 g/mol. The summed E-state index contributed by atoms with van der Waals surface area (Å²) in [5, 5.41) is 4.22. The number of hydrogen-bond acceptors (Lipinski definition) is 5. The Morgan fingerprint density at radius 1 is 1.11 bits per heavy atom. The number of aryl methyl sites for hydroxylation is 1. The second kappa shape index (κ2) is 6.81. The Morgan fingerprint density at radius 2 is 1.89 bits per heavy atom. The maximum atomic E-state index is 14.0. The molecule has 0 unspecified atom stereocenters. The van der Waals surface area contributed by atoms with Crippen LogP contribution in [0.1, 0.15) is 16.9 Å². The molecule has 0 bridgehead atoms. The SMILES string of the molecule is Cc1onc(-c2ccccc2)c1C1=N/C(=C\c2c(F)cccc2Cl)C(=O)O1. The summed E-state index contributed by atoms with van der Waals surface area (Å²) in [5.41, 5.74) is 1.78. The van der Waals surface area contributed by atoms with E-state index >= 15 is 0 Å². The summed E-state index contributed by atoms with van der Waals surface area (Å²) >= 11 is 6.01. The number of carbonyl (C=O) groups is 1. The highest BCUT2D eigenvalue weighted by atomic mass is 35.5. The van der Waals surface area contributed by atoms with Crippen LogP contribution in [0, 0.1) is 12.7 Å². The zero-order chi connectivity index (χ0) is 19.0. The fraction of sp³-hybridized carbons (Fsp3) is 0.0500. The van der Waals surface area contributed by atoms with Gasteiger partial charge in [-0.3, -0.25) is 0 Å². The van der Waals surface area contributed by atoms with Crippen molar-refractivity contribution >= 4 is 29.5 Å². The van der Waals surface area contributed by atoms with Gasteiger partial charge in [-0.1, -0.05) is 53.2 Å². The monoisotopic (exact) mass is 382 g/mol. The third-order valence-electron chi connectivity index (χ3n) is 4.03. The quantitative estimate of drug-likeness (QED) is 0.482. The van der Waals surface area contributed by atoms with Gasteiger partial charge in [0.2, 0.25) is 5.90 Å². The molecule has 1 aliphatic heterocycles. The number of nitrogens with zero attached hydrogens (tertiary/aromatic N) is 2. The molecule has 0 saturated heterocycles. The summed E-state index contributed by atoms with van der Waals surface area (Å²) in [7, 11) is 0. The third-order valence-corrected chi connectivity index (χ3v) is 4.35. The summed E-state index contributed by atoms with van der Waals surface area (Å²) in [6.07, 6.45) is 1.26. The molecule has 134 valence electrons. The molecule has 2 heterocycles. The average Bonchev–Trinajstić information content (AvgIpc) is 3.21. The van der Waals surface area contributed by atoms with Crippen molar-refractivity contribution in [3.05, 3.63) is 82.0 Å². The van der Waals surface area contributed by atoms with Crippen LogP contribution in [-0.2, 0) is 9.53 Å². The highest BCUT2D eigenvalue weighted by molar-refractivity contribution is 6.32. The molecule has 0 N–H and O–H groups in total. The van der Waals surface area contributed by atoms with Crippen molar-refractivity contribution in [1.82, 2.24) is 5.16 Å². The number of carbonyl (C=O) groups excluding carboxylic acids is 1. The average molecular weight is 383 g/mol. The molecule has 0 spiro atoms. The van der Waals surface area contributed by atoms with Crippen LogP contribution in [0.25, 0.3) is 17.3 Å². The normalized spacial score (nSPS) is 15.1.